The number of nitrogens with zero attached hydrogens (tertiary/aromatic N) is 2. The summed E-state index contributed by atoms with van der Waals surface area (Å²) in [5.41, 5.74) is 0.945. The van der Waals surface area contributed by atoms with Crippen LogP contribution in [0.25, 0.3) is 0 Å². The average molecular weight is 214 g/mol. The zero-order valence-electron chi connectivity index (χ0n) is 8.81. The Hall–Kier alpha value is -0.480. The molecule has 0 radical (unpaired) electrons. The van der Waals surface area contributed by atoms with Crippen molar-refractivity contribution in [1.29, 1.82) is 0 Å². The van der Waals surface area contributed by atoms with Gasteiger partial charge in [-0.1, -0.05) is 6.92 Å². The standard InChI is InChI=1S/C10H18N2OS/c1-3-7-12-9(4-6-11-12)10(13)5-8-14-2/h4,6,10,13H,3,5,7-8H2,1-2H3. The maximum absolute atomic E-state index is 9.87. The molecule has 1 atom stereocenters. The Morgan fingerprint density at radius 1 is 1.64 bits per heavy atom. The summed E-state index contributed by atoms with van der Waals surface area (Å²) in [5.74, 6) is 0.985. The minimum Gasteiger partial charge on any atom is -0.387 e. The molecule has 4 heteroatoms. The Morgan fingerprint density at radius 3 is 3.07 bits per heavy atom. The molecule has 1 N–H and O–H groups in total. The molecule has 80 valence electrons. The molecular weight excluding hydrogens is 196 g/mol. The highest BCUT2D eigenvalue weighted by atomic mass is 32.2. The van der Waals surface area contributed by atoms with Gasteiger partial charge in [-0.15, -0.1) is 0 Å². The van der Waals surface area contributed by atoms with E-state index in [-0.39, 0.29) is 6.10 Å². The number of hydrogen-bond acceptors (Lipinski definition) is 3. The van der Waals surface area contributed by atoms with E-state index in [4.69, 9.17) is 0 Å². The Labute approximate surface area is 89.5 Å². The molecular formula is C10H18N2OS. The van der Waals surface area contributed by atoms with E-state index in [1.807, 2.05) is 10.7 Å². The topological polar surface area (TPSA) is 38.0 Å². The number of thioether (sulfide) groups is 1. The third kappa shape index (κ3) is 3.03. The van der Waals surface area contributed by atoms with Crippen molar-refractivity contribution in [3.05, 3.63) is 18.0 Å². The summed E-state index contributed by atoms with van der Waals surface area (Å²) in [6.45, 7) is 3.00. The summed E-state index contributed by atoms with van der Waals surface area (Å²) >= 11 is 1.76. The van der Waals surface area contributed by atoms with E-state index < -0.39 is 0 Å². The third-order valence-electron chi connectivity index (χ3n) is 2.12. The summed E-state index contributed by atoms with van der Waals surface area (Å²) in [4.78, 5) is 0. The first kappa shape index (κ1) is 11.6. The van der Waals surface area contributed by atoms with Crippen LogP contribution >= 0.6 is 11.8 Å². The molecule has 0 amide bonds. The zero-order valence-corrected chi connectivity index (χ0v) is 9.63. The maximum atomic E-state index is 9.87. The molecule has 1 unspecified atom stereocenters. The van der Waals surface area contributed by atoms with Crippen molar-refractivity contribution in [3.8, 4) is 0 Å². The summed E-state index contributed by atoms with van der Waals surface area (Å²) in [6.07, 6.45) is 5.29. The molecule has 1 rings (SSSR count). The van der Waals surface area contributed by atoms with E-state index in [1.54, 1.807) is 18.0 Å². The molecule has 0 fully saturated rings. The van der Waals surface area contributed by atoms with Gasteiger partial charge in [-0.05, 0) is 30.9 Å². The zero-order chi connectivity index (χ0) is 10.4. The predicted molar refractivity (Wildman–Crippen MR) is 60.5 cm³/mol. The largest absolute Gasteiger partial charge is 0.387 e. The highest BCUT2D eigenvalue weighted by Crippen LogP contribution is 2.18. The first-order valence-corrected chi connectivity index (χ1v) is 6.37. The van der Waals surface area contributed by atoms with Crippen molar-refractivity contribution >= 4 is 11.8 Å². The molecule has 0 aliphatic heterocycles. The van der Waals surface area contributed by atoms with Crippen LogP contribution in [0.3, 0.4) is 0 Å². The van der Waals surface area contributed by atoms with Crippen molar-refractivity contribution in [3.63, 3.8) is 0 Å². The fraction of sp³-hybridized carbons (Fsp3) is 0.700. The number of rotatable bonds is 6. The summed E-state index contributed by atoms with van der Waals surface area (Å²) < 4.78 is 1.89. The fourth-order valence-corrected chi connectivity index (χ4v) is 1.86. The van der Waals surface area contributed by atoms with Crippen LogP contribution in [0.2, 0.25) is 0 Å². The van der Waals surface area contributed by atoms with E-state index in [9.17, 15) is 5.11 Å². The van der Waals surface area contributed by atoms with E-state index in [2.05, 4.69) is 18.3 Å². The molecule has 0 aliphatic carbocycles. The summed E-state index contributed by atoms with van der Waals surface area (Å²) in [7, 11) is 0. The van der Waals surface area contributed by atoms with Crippen LogP contribution in [0.1, 0.15) is 31.6 Å². The smallest absolute Gasteiger partial charge is 0.0964 e. The van der Waals surface area contributed by atoms with Gasteiger partial charge in [-0.25, -0.2) is 0 Å². The van der Waals surface area contributed by atoms with Crippen LogP contribution < -0.4 is 0 Å². The molecule has 1 heterocycles. The molecule has 3 nitrogen and oxygen atoms in total. The predicted octanol–water partition coefficient (Wildman–Crippen LogP) is 2.08. The first-order valence-electron chi connectivity index (χ1n) is 4.98. The average Bonchev–Trinajstić information content (AvgIpc) is 2.63. The second-order valence-corrected chi connectivity index (χ2v) is 4.26. The van der Waals surface area contributed by atoms with Crippen LogP contribution in [-0.4, -0.2) is 26.9 Å². The second-order valence-electron chi connectivity index (χ2n) is 3.28. The van der Waals surface area contributed by atoms with E-state index >= 15 is 0 Å². The van der Waals surface area contributed by atoms with Crippen molar-refractivity contribution in [2.45, 2.75) is 32.4 Å². The third-order valence-corrected chi connectivity index (χ3v) is 2.77. The Morgan fingerprint density at radius 2 is 2.43 bits per heavy atom. The lowest BCUT2D eigenvalue weighted by Crippen LogP contribution is -2.09. The summed E-state index contributed by atoms with van der Waals surface area (Å²) in [5, 5.41) is 14.1. The monoisotopic (exact) mass is 214 g/mol. The van der Waals surface area contributed by atoms with Crippen molar-refractivity contribution in [2.24, 2.45) is 0 Å². The lowest BCUT2D eigenvalue weighted by molar-refractivity contribution is 0.163. The number of aryl methyl sites for hydroxylation is 1. The minimum absolute atomic E-state index is 0.364. The van der Waals surface area contributed by atoms with Gasteiger partial charge in [0, 0.05) is 12.7 Å². The Kier molecular flexibility index (Phi) is 5.04. The number of aliphatic hydroxyl groups excluding tert-OH is 1. The molecule has 0 saturated heterocycles. The molecule has 0 aromatic carbocycles. The van der Waals surface area contributed by atoms with Gasteiger partial charge in [0.25, 0.3) is 0 Å². The minimum atomic E-state index is -0.364. The number of aromatic nitrogens is 2. The molecule has 1 aromatic rings. The van der Waals surface area contributed by atoms with Crippen LogP contribution in [0.15, 0.2) is 12.3 Å². The van der Waals surface area contributed by atoms with Crippen LogP contribution in [0.5, 0.6) is 0 Å². The molecule has 1 aromatic heterocycles. The highest BCUT2D eigenvalue weighted by Gasteiger charge is 2.11. The van der Waals surface area contributed by atoms with Crippen molar-refractivity contribution in [2.75, 3.05) is 12.0 Å². The van der Waals surface area contributed by atoms with Gasteiger partial charge < -0.3 is 5.11 Å². The van der Waals surface area contributed by atoms with E-state index in [0.717, 1.165) is 30.8 Å². The van der Waals surface area contributed by atoms with Gasteiger partial charge in [0.05, 0.1) is 11.8 Å². The van der Waals surface area contributed by atoms with Gasteiger partial charge in [0.1, 0.15) is 0 Å². The Balaban J connectivity index is 2.58. The van der Waals surface area contributed by atoms with E-state index in [1.165, 1.54) is 0 Å². The van der Waals surface area contributed by atoms with Crippen LogP contribution in [-0.2, 0) is 6.54 Å². The second kappa shape index (κ2) is 6.09. The van der Waals surface area contributed by atoms with Crippen LogP contribution in [0.4, 0.5) is 0 Å². The molecule has 14 heavy (non-hydrogen) atoms. The molecule has 0 bridgehead atoms. The van der Waals surface area contributed by atoms with Gasteiger partial charge in [-0.2, -0.15) is 16.9 Å². The van der Waals surface area contributed by atoms with E-state index in [0.29, 0.717) is 0 Å². The number of aliphatic hydroxyl groups is 1. The number of hydrogen-bond donors (Lipinski definition) is 1. The SMILES string of the molecule is CCCn1nccc1C(O)CCSC. The fourth-order valence-electron chi connectivity index (χ4n) is 1.40. The quantitative estimate of drug-likeness (QED) is 0.788. The lowest BCUT2D eigenvalue weighted by atomic mass is 10.2. The van der Waals surface area contributed by atoms with Gasteiger partial charge in [-0.3, -0.25) is 4.68 Å². The van der Waals surface area contributed by atoms with Gasteiger partial charge in [0.15, 0.2) is 0 Å². The summed E-state index contributed by atoms with van der Waals surface area (Å²) in [6, 6.07) is 1.90. The molecule has 0 saturated carbocycles. The highest BCUT2D eigenvalue weighted by molar-refractivity contribution is 7.98. The van der Waals surface area contributed by atoms with Crippen molar-refractivity contribution in [1.82, 2.24) is 9.78 Å². The molecule has 0 aliphatic rings. The maximum Gasteiger partial charge on any atom is 0.0964 e. The van der Waals surface area contributed by atoms with Crippen LogP contribution in [0, 0.1) is 0 Å². The van der Waals surface area contributed by atoms with Crippen molar-refractivity contribution < 1.29 is 5.11 Å². The Bertz CT molecular complexity index is 262. The van der Waals surface area contributed by atoms with Gasteiger partial charge in [0.2, 0.25) is 0 Å². The first-order chi connectivity index (χ1) is 6.79. The van der Waals surface area contributed by atoms with Gasteiger partial charge >= 0.3 is 0 Å². The normalized spacial score (nSPS) is 13.1. The molecule has 0 spiro atoms. The lowest BCUT2D eigenvalue weighted by Gasteiger charge is -2.12.